The quantitative estimate of drug-likeness (QED) is 0.858. The molecule has 1 aromatic carbocycles. The van der Waals surface area contributed by atoms with Gasteiger partial charge in [-0.3, -0.25) is 4.79 Å². The molecule has 2 saturated carbocycles. The van der Waals surface area contributed by atoms with Gasteiger partial charge >= 0.3 is 5.97 Å². The van der Waals surface area contributed by atoms with Gasteiger partial charge in [0.15, 0.2) is 11.5 Å². The molecule has 3 rings (SSSR count). The summed E-state index contributed by atoms with van der Waals surface area (Å²) in [6.45, 7) is 0.663. The van der Waals surface area contributed by atoms with Gasteiger partial charge in [0.25, 0.3) is 0 Å². The van der Waals surface area contributed by atoms with Gasteiger partial charge in [0.2, 0.25) is 0 Å². The number of ether oxygens (including phenoxy) is 2. The zero-order valence-corrected chi connectivity index (χ0v) is 13.5. The second kappa shape index (κ2) is 5.99. The summed E-state index contributed by atoms with van der Waals surface area (Å²) >= 11 is 6.40. The number of rotatable bonds is 6. The highest BCUT2D eigenvalue weighted by Crippen LogP contribution is 2.47. The maximum absolute atomic E-state index is 11.9. The lowest BCUT2D eigenvalue weighted by Gasteiger charge is -2.26. The summed E-state index contributed by atoms with van der Waals surface area (Å²) in [6, 6.07) is 3.46. The summed E-state index contributed by atoms with van der Waals surface area (Å²) in [6.07, 6.45) is 5.46. The lowest BCUT2D eigenvalue weighted by molar-refractivity contribution is -0.143. The van der Waals surface area contributed by atoms with Crippen LogP contribution in [0.25, 0.3) is 0 Å². The summed E-state index contributed by atoms with van der Waals surface area (Å²) in [5, 5.41) is 10.2. The molecule has 0 spiro atoms. The van der Waals surface area contributed by atoms with Crippen LogP contribution in [0.2, 0.25) is 5.02 Å². The molecule has 22 heavy (non-hydrogen) atoms. The van der Waals surface area contributed by atoms with Crippen molar-refractivity contribution in [3.8, 4) is 11.5 Å². The molecule has 0 heterocycles. The number of carbonyl (C=O) groups is 1. The molecule has 2 fully saturated rings. The van der Waals surface area contributed by atoms with E-state index in [4.69, 9.17) is 21.1 Å². The Labute approximate surface area is 135 Å². The van der Waals surface area contributed by atoms with Crippen molar-refractivity contribution in [2.45, 2.75) is 43.9 Å². The van der Waals surface area contributed by atoms with E-state index in [2.05, 4.69) is 0 Å². The topological polar surface area (TPSA) is 55.8 Å². The highest BCUT2D eigenvalue weighted by molar-refractivity contribution is 6.32. The summed E-state index contributed by atoms with van der Waals surface area (Å²) < 4.78 is 11.2. The van der Waals surface area contributed by atoms with Crippen molar-refractivity contribution < 1.29 is 19.4 Å². The molecule has 4 nitrogen and oxygen atoms in total. The Kier molecular flexibility index (Phi) is 4.22. The molecule has 0 radical (unpaired) electrons. The number of hydrogen-bond donors (Lipinski definition) is 1. The van der Waals surface area contributed by atoms with Gasteiger partial charge in [-0.25, -0.2) is 0 Å². The van der Waals surface area contributed by atoms with E-state index < -0.39 is 11.4 Å². The lowest BCUT2D eigenvalue weighted by atomic mass is 9.79. The fourth-order valence-corrected chi connectivity index (χ4v) is 3.58. The van der Waals surface area contributed by atoms with Gasteiger partial charge in [0.1, 0.15) is 0 Å². The molecule has 2 aliphatic rings. The first-order valence-corrected chi connectivity index (χ1v) is 8.19. The van der Waals surface area contributed by atoms with E-state index in [0.29, 0.717) is 47.5 Å². The third-order valence-corrected chi connectivity index (χ3v) is 5.12. The van der Waals surface area contributed by atoms with Crippen molar-refractivity contribution >= 4 is 17.6 Å². The Morgan fingerprint density at radius 2 is 2.00 bits per heavy atom. The van der Waals surface area contributed by atoms with E-state index >= 15 is 0 Å². The van der Waals surface area contributed by atoms with E-state index in [1.807, 2.05) is 0 Å². The molecule has 1 N–H and O–H groups in total. The van der Waals surface area contributed by atoms with Gasteiger partial charge < -0.3 is 14.6 Å². The Morgan fingerprint density at radius 3 is 2.55 bits per heavy atom. The molecule has 0 aromatic heterocycles. The SMILES string of the molecule is COc1cc(C2(C(=O)O)CCCC2)c(Cl)cc1OCC1CC1. The zero-order chi connectivity index (χ0) is 15.7. The average Bonchev–Trinajstić information content (AvgIpc) is 3.19. The van der Waals surface area contributed by atoms with E-state index in [0.717, 1.165) is 12.8 Å². The third kappa shape index (κ3) is 2.76. The summed E-state index contributed by atoms with van der Waals surface area (Å²) in [5.41, 5.74) is -0.242. The number of methoxy groups -OCH3 is 1. The monoisotopic (exact) mass is 324 g/mol. The maximum atomic E-state index is 11.9. The number of benzene rings is 1. The molecule has 0 saturated heterocycles. The molecule has 5 heteroatoms. The molecular formula is C17H21ClO4. The van der Waals surface area contributed by atoms with Crippen molar-refractivity contribution in [3.63, 3.8) is 0 Å². The van der Waals surface area contributed by atoms with E-state index in [1.54, 1.807) is 19.2 Å². The van der Waals surface area contributed by atoms with Crippen molar-refractivity contribution in [3.05, 3.63) is 22.7 Å². The van der Waals surface area contributed by atoms with Gasteiger partial charge in [-0.1, -0.05) is 24.4 Å². The van der Waals surface area contributed by atoms with Gasteiger partial charge in [-0.05, 0) is 43.2 Å². The zero-order valence-electron chi connectivity index (χ0n) is 12.7. The Morgan fingerprint density at radius 1 is 1.32 bits per heavy atom. The normalized spacial score (nSPS) is 19.9. The molecule has 0 aliphatic heterocycles. The molecule has 2 aliphatic carbocycles. The highest BCUT2D eigenvalue weighted by Gasteiger charge is 2.44. The van der Waals surface area contributed by atoms with Crippen LogP contribution in [0.5, 0.6) is 11.5 Å². The van der Waals surface area contributed by atoms with Crippen LogP contribution in [0.4, 0.5) is 0 Å². The van der Waals surface area contributed by atoms with Gasteiger partial charge in [0, 0.05) is 11.1 Å². The molecule has 1 aromatic rings. The lowest BCUT2D eigenvalue weighted by Crippen LogP contribution is -2.33. The maximum Gasteiger partial charge on any atom is 0.314 e. The van der Waals surface area contributed by atoms with Gasteiger partial charge in [-0.2, -0.15) is 0 Å². The summed E-state index contributed by atoms with van der Waals surface area (Å²) in [7, 11) is 1.57. The first kappa shape index (κ1) is 15.5. The van der Waals surface area contributed by atoms with Gasteiger partial charge in [0.05, 0.1) is 19.1 Å². The van der Waals surface area contributed by atoms with Crippen LogP contribution in [-0.4, -0.2) is 24.8 Å². The number of aliphatic carboxylic acids is 1. The van der Waals surface area contributed by atoms with E-state index in [-0.39, 0.29) is 0 Å². The Hall–Kier alpha value is -1.42. The second-order valence-electron chi connectivity index (χ2n) is 6.33. The van der Waals surface area contributed by atoms with Crippen LogP contribution in [0.3, 0.4) is 0 Å². The summed E-state index contributed by atoms with van der Waals surface area (Å²) in [4.78, 5) is 11.9. The minimum atomic E-state index is -0.889. The van der Waals surface area contributed by atoms with Crippen molar-refractivity contribution in [1.29, 1.82) is 0 Å². The number of halogens is 1. The molecule has 0 amide bonds. The van der Waals surface area contributed by atoms with E-state index in [9.17, 15) is 9.90 Å². The van der Waals surface area contributed by atoms with Crippen LogP contribution in [-0.2, 0) is 10.2 Å². The second-order valence-corrected chi connectivity index (χ2v) is 6.74. The van der Waals surface area contributed by atoms with Crippen LogP contribution in [0.15, 0.2) is 12.1 Å². The fourth-order valence-electron chi connectivity index (χ4n) is 3.24. The minimum Gasteiger partial charge on any atom is -0.493 e. The van der Waals surface area contributed by atoms with Gasteiger partial charge in [-0.15, -0.1) is 0 Å². The largest absolute Gasteiger partial charge is 0.493 e. The minimum absolute atomic E-state index is 0.455. The van der Waals surface area contributed by atoms with Crippen molar-refractivity contribution in [2.24, 2.45) is 5.92 Å². The molecule has 0 unspecified atom stereocenters. The highest BCUT2D eigenvalue weighted by atomic mass is 35.5. The standard InChI is InChI=1S/C17H21ClO4/c1-21-14-8-12(17(16(19)20)6-2-3-7-17)13(18)9-15(14)22-10-11-4-5-11/h8-9,11H,2-7,10H2,1H3,(H,19,20). The Balaban J connectivity index is 1.95. The molecule has 0 atom stereocenters. The van der Waals surface area contributed by atoms with Crippen LogP contribution in [0.1, 0.15) is 44.1 Å². The molecular weight excluding hydrogens is 304 g/mol. The van der Waals surface area contributed by atoms with Crippen LogP contribution < -0.4 is 9.47 Å². The molecule has 0 bridgehead atoms. The fraction of sp³-hybridized carbons (Fsp3) is 0.588. The molecule has 120 valence electrons. The first-order chi connectivity index (χ1) is 10.6. The number of carboxylic acid groups (broad SMARTS) is 1. The van der Waals surface area contributed by atoms with Crippen LogP contribution >= 0.6 is 11.6 Å². The Bertz CT molecular complexity index is 574. The van der Waals surface area contributed by atoms with Crippen LogP contribution in [0, 0.1) is 5.92 Å². The predicted molar refractivity (Wildman–Crippen MR) is 84.0 cm³/mol. The first-order valence-electron chi connectivity index (χ1n) is 7.81. The smallest absolute Gasteiger partial charge is 0.314 e. The predicted octanol–water partition coefficient (Wildman–Crippen LogP) is 4.03. The summed E-state index contributed by atoms with van der Waals surface area (Å²) in [5.74, 6) is 0.984. The number of hydrogen-bond acceptors (Lipinski definition) is 3. The van der Waals surface area contributed by atoms with Crippen molar-refractivity contribution in [2.75, 3.05) is 13.7 Å². The third-order valence-electron chi connectivity index (χ3n) is 4.81. The van der Waals surface area contributed by atoms with E-state index in [1.165, 1.54) is 12.8 Å². The average molecular weight is 325 g/mol. The number of carboxylic acids is 1. The van der Waals surface area contributed by atoms with Crippen molar-refractivity contribution in [1.82, 2.24) is 0 Å².